The molecule has 31 heavy (non-hydrogen) atoms. The number of halogens is 18. The maximum absolute atomic E-state index is 13.7. The standard InChI is InChI=1S/C10F18O3/c11-3(1(29-3,5(13,14)15)6(16,17)18)9(25,26)31-10(27,28)4(12)2(30-4,7(19,20)21)8(22,23)24. The molecule has 0 radical (unpaired) electrons. The first kappa shape index (κ1) is 25.9. The van der Waals surface area contributed by atoms with Gasteiger partial charge >= 0.3 is 59.8 Å². The van der Waals surface area contributed by atoms with E-state index >= 15 is 0 Å². The summed E-state index contributed by atoms with van der Waals surface area (Å²) in [5.74, 6) is -13.4. The van der Waals surface area contributed by atoms with E-state index in [0.29, 0.717) is 0 Å². The van der Waals surface area contributed by atoms with Gasteiger partial charge in [0.1, 0.15) is 0 Å². The summed E-state index contributed by atoms with van der Waals surface area (Å²) in [4.78, 5) is 0. The van der Waals surface area contributed by atoms with Gasteiger partial charge in [0.25, 0.3) is 0 Å². The van der Waals surface area contributed by atoms with Crippen molar-refractivity contribution in [3.05, 3.63) is 0 Å². The Labute approximate surface area is 154 Å². The second-order valence-electron chi connectivity index (χ2n) is 5.88. The highest BCUT2D eigenvalue weighted by molar-refractivity contribution is 5.25. The van der Waals surface area contributed by atoms with E-state index in [2.05, 4.69) is 9.47 Å². The minimum absolute atomic E-state index is 1.70. The monoisotopic (exact) mass is 510 g/mol. The molecule has 184 valence electrons. The van der Waals surface area contributed by atoms with E-state index in [9.17, 15) is 79.0 Å². The van der Waals surface area contributed by atoms with Crippen molar-refractivity contribution in [2.24, 2.45) is 0 Å². The molecule has 0 saturated carbocycles. The van der Waals surface area contributed by atoms with Gasteiger partial charge in [-0.3, -0.25) is 0 Å². The van der Waals surface area contributed by atoms with Gasteiger partial charge in [0, 0.05) is 0 Å². The summed E-state index contributed by atoms with van der Waals surface area (Å²) in [5.41, 5.74) is -13.2. The van der Waals surface area contributed by atoms with Crippen LogP contribution in [0.4, 0.5) is 79.0 Å². The third-order valence-corrected chi connectivity index (χ3v) is 4.01. The van der Waals surface area contributed by atoms with Crippen molar-refractivity contribution < 1.29 is 93.2 Å². The number of rotatable bonds is 4. The van der Waals surface area contributed by atoms with Gasteiger partial charge in [0.05, 0.1) is 0 Å². The SMILES string of the molecule is FC(F)(F)C1(C(F)(F)F)OC1(F)C(F)(F)OC(F)(F)C1(F)OC1(C(F)(F)F)C(F)(F)F. The summed E-state index contributed by atoms with van der Waals surface area (Å²) in [6, 6.07) is 0. The first-order valence-electron chi connectivity index (χ1n) is 6.63. The number of epoxide rings is 2. The third-order valence-electron chi connectivity index (χ3n) is 4.01. The Balaban J connectivity index is 2.49. The van der Waals surface area contributed by atoms with E-state index < -0.39 is 59.8 Å². The Morgan fingerprint density at radius 1 is 0.419 bits per heavy atom. The minimum atomic E-state index is -7.34. The Morgan fingerprint density at radius 3 is 0.742 bits per heavy atom. The molecule has 0 bridgehead atoms. The molecule has 2 atom stereocenters. The zero-order chi connectivity index (χ0) is 25.1. The van der Waals surface area contributed by atoms with Crippen molar-refractivity contribution in [2.45, 2.75) is 59.8 Å². The fourth-order valence-corrected chi connectivity index (χ4v) is 2.47. The van der Waals surface area contributed by atoms with Crippen molar-refractivity contribution >= 4 is 0 Å². The summed E-state index contributed by atoms with van der Waals surface area (Å²) >= 11 is 0. The molecule has 3 nitrogen and oxygen atoms in total. The fraction of sp³-hybridized carbons (Fsp3) is 1.00. The molecule has 0 aromatic carbocycles. The largest absolute Gasteiger partial charge is 0.432 e. The van der Waals surface area contributed by atoms with Gasteiger partial charge in [-0.05, 0) is 0 Å². The summed E-state index contributed by atoms with van der Waals surface area (Å²) in [6.45, 7) is 0. The van der Waals surface area contributed by atoms with Gasteiger partial charge < -0.3 is 9.47 Å². The predicted octanol–water partition coefficient (Wildman–Crippen LogP) is 5.31. The van der Waals surface area contributed by atoms with Crippen molar-refractivity contribution in [3.8, 4) is 0 Å². The molecule has 2 unspecified atom stereocenters. The van der Waals surface area contributed by atoms with Gasteiger partial charge in [-0.1, -0.05) is 0 Å². The first-order valence-corrected chi connectivity index (χ1v) is 6.63. The maximum atomic E-state index is 13.7. The molecule has 2 aliphatic rings. The average Bonchev–Trinajstić information content (AvgIpc) is 3.27. The molecule has 0 aromatic rings. The van der Waals surface area contributed by atoms with Gasteiger partial charge in [-0.2, -0.15) is 79.0 Å². The summed E-state index contributed by atoms with van der Waals surface area (Å²) < 4.78 is 237. The van der Waals surface area contributed by atoms with Gasteiger partial charge in [-0.15, -0.1) is 0 Å². The topological polar surface area (TPSA) is 34.3 Å². The highest BCUT2D eigenvalue weighted by Crippen LogP contribution is 2.74. The minimum Gasteiger partial charge on any atom is -0.306 e. The van der Waals surface area contributed by atoms with Crippen molar-refractivity contribution in [1.82, 2.24) is 0 Å². The molecule has 0 aliphatic carbocycles. The Kier molecular flexibility index (Phi) is 4.80. The number of ether oxygens (including phenoxy) is 3. The predicted molar refractivity (Wildman–Crippen MR) is 50.5 cm³/mol. The van der Waals surface area contributed by atoms with Crippen molar-refractivity contribution in [2.75, 3.05) is 0 Å². The molecule has 2 saturated heterocycles. The summed E-state index contributed by atoms with van der Waals surface area (Å²) in [6.07, 6.45) is -43.5. The number of alkyl halides is 18. The lowest BCUT2D eigenvalue weighted by Gasteiger charge is -2.29. The van der Waals surface area contributed by atoms with Gasteiger partial charge in [0.15, 0.2) is 0 Å². The molecule has 2 aliphatic heterocycles. The molecular weight excluding hydrogens is 510 g/mol. The van der Waals surface area contributed by atoms with Crippen LogP contribution in [0.25, 0.3) is 0 Å². The van der Waals surface area contributed by atoms with E-state index in [1.807, 2.05) is 0 Å². The van der Waals surface area contributed by atoms with Crippen LogP contribution in [-0.2, 0) is 14.2 Å². The lowest BCUT2D eigenvalue weighted by Crippen LogP contribution is -2.60. The van der Waals surface area contributed by atoms with Gasteiger partial charge in [-0.25, -0.2) is 4.74 Å². The van der Waals surface area contributed by atoms with E-state index in [0.717, 1.165) is 0 Å². The average molecular weight is 510 g/mol. The smallest absolute Gasteiger partial charge is 0.306 e. The normalized spacial score (nSPS) is 31.5. The Bertz CT molecular complexity index is 654. The van der Waals surface area contributed by atoms with Gasteiger partial charge in [0.2, 0.25) is 0 Å². The second-order valence-corrected chi connectivity index (χ2v) is 5.88. The maximum Gasteiger partial charge on any atom is 0.432 e. The van der Waals surface area contributed by atoms with E-state index in [1.54, 1.807) is 4.74 Å². The van der Waals surface area contributed by atoms with E-state index in [1.165, 1.54) is 0 Å². The third kappa shape index (κ3) is 2.83. The highest BCUT2D eigenvalue weighted by Gasteiger charge is 3.06. The lowest BCUT2D eigenvalue weighted by molar-refractivity contribution is -0.441. The Hall–Kier alpha value is -1.38. The molecule has 0 spiro atoms. The molecule has 0 N–H and O–H groups in total. The molecule has 2 heterocycles. The van der Waals surface area contributed by atoms with Crippen LogP contribution in [0.1, 0.15) is 0 Å². The second kappa shape index (κ2) is 5.75. The van der Waals surface area contributed by atoms with Crippen LogP contribution in [0.15, 0.2) is 0 Å². The van der Waals surface area contributed by atoms with Crippen molar-refractivity contribution in [3.63, 3.8) is 0 Å². The van der Waals surface area contributed by atoms with Crippen LogP contribution in [0, 0.1) is 0 Å². The highest BCUT2D eigenvalue weighted by atomic mass is 19.4. The van der Waals surface area contributed by atoms with Crippen LogP contribution in [0.2, 0.25) is 0 Å². The molecule has 0 amide bonds. The summed E-state index contributed by atoms with van der Waals surface area (Å²) in [7, 11) is 0. The van der Waals surface area contributed by atoms with Crippen LogP contribution in [0.5, 0.6) is 0 Å². The van der Waals surface area contributed by atoms with Crippen LogP contribution in [0.3, 0.4) is 0 Å². The first-order chi connectivity index (χ1) is 13.1. The van der Waals surface area contributed by atoms with Crippen LogP contribution in [-0.4, -0.2) is 59.8 Å². The van der Waals surface area contributed by atoms with E-state index in [-0.39, 0.29) is 0 Å². The zero-order valence-electron chi connectivity index (χ0n) is 13.0. The zero-order valence-corrected chi connectivity index (χ0v) is 13.0. The quantitative estimate of drug-likeness (QED) is 0.380. The summed E-state index contributed by atoms with van der Waals surface area (Å²) in [5, 5.41) is 0. The molecule has 21 heteroatoms. The lowest BCUT2D eigenvalue weighted by atomic mass is 10.00. The number of hydrogen-bond acceptors (Lipinski definition) is 3. The number of hydrogen-bond donors (Lipinski definition) is 0. The molecule has 2 rings (SSSR count). The molecule has 2 fully saturated rings. The fourth-order valence-electron chi connectivity index (χ4n) is 2.47. The molecular formula is C10F18O3. The van der Waals surface area contributed by atoms with Crippen molar-refractivity contribution in [1.29, 1.82) is 0 Å². The molecule has 0 aromatic heterocycles. The Morgan fingerprint density at radius 2 is 0.613 bits per heavy atom. The van der Waals surface area contributed by atoms with Crippen LogP contribution < -0.4 is 0 Å². The van der Waals surface area contributed by atoms with Crippen LogP contribution >= 0.6 is 0 Å². The van der Waals surface area contributed by atoms with E-state index in [4.69, 9.17) is 0 Å².